The molecule has 0 amide bonds. The Hall–Kier alpha value is -0.840. The van der Waals surface area contributed by atoms with Gasteiger partial charge in [-0.05, 0) is 6.42 Å². The van der Waals surface area contributed by atoms with Crippen molar-refractivity contribution in [3.8, 4) is 0 Å². The van der Waals surface area contributed by atoms with E-state index in [-0.39, 0.29) is 21.9 Å². The Balaban J connectivity index is 2.36. The first kappa shape index (κ1) is 11.3. The Bertz CT molecular complexity index is 538. The predicted molar refractivity (Wildman–Crippen MR) is 58.2 cm³/mol. The average Bonchev–Trinajstić information content (AvgIpc) is 2.33. The van der Waals surface area contributed by atoms with Crippen LogP contribution < -0.4 is 0 Å². The van der Waals surface area contributed by atoms with Crippen LogP contribution in [0.5, 0.6) is 0 Å². The molecule has 5 heteroatoms. The van der Waals surface area contributed by atoms with Crippen LogP contribution in [0.2, 0.25) is 0 Å². The molecule has 0 spiro atoms. The Labute approximate surface area is 103 Å². The minimum absolute atomic E-state index is 0.0235. The lowest BCUT2D eigenvalue weighted by atomic mass is 9.71. The van der Waals surface area contributed by atoms with Crippen LogP contribution in [-0.4, -0.2) is 4.83 Å². The Morgan fingerprint density at radius 3 is 2.06 bits per heavy atom. The van der Waals surface area contributed by atoms with Crippen LogP contribution in [-0.2, 0) is 0 Å². The highest BCUT2D eigenvalue weighted by molar-refractivity contribution is 9.09. The number of hydrogen-bond acceptors (Lipinski definition) is 0. The molecule has 0 radical (unpaired) electrons. The van der Waals surface area contributed by atoms with E-state index in [4.69, 9.17) is 0 Å². The second-order valence-corrected chi connectivity index (χ2v) is 5.53. The lowest BCUT2D eigenvalue weighted by molar-refractivity contribution is 0.381. The molecule has 2 bridgehead atoms. The van der Waals surface area contributed by atoms with Gasteiger partial charge in [-0.1, -0.05) is 28.1 Å². The molecular weight excluding hydrogens is 300 g/mol. The SMILES string of the molecule is Fc1c(F)c(F)c2c(c1F)[C@H]1C=C[C@@H]2[C@@H](Br)C1. The Kier molecular flexibility index (Phi) is 2.37. The highest BCUT2D eigenvalue weighted by atomic mass is 79.9. The van der Waals surface area contributed by atoms with Crippen molar-refractivity contribution in [2.24, 2.45) is 0 Å². The van der Waals surface area contributed by atoms with Gasteiger partial charge >= 0.3 is 0 Å². The molecule has 1 aromatic rings. The third-order valence-electron chi connectivity index (χ3n) is 3.46. The van der Waals surface area contributed by atoms with Crippen LogP contribution in [0, 0.1) is 23.3 Å². The van der Waals surface area contributed by atoms with E-state index in [0.717, 1.165) is 0 Å². The van der Waals surface area contributed by atoms with E-state index >= 15 is 0 Å². The number of fused-ring (bicyclic) bond motifs is 1. The topological polar surface area (TPSA) is 0 Å². The maximum atomic E-state index is 13.7. The molecule has 0 aromatic heterocycles. The molecule has 0 saturated carbocycles. The van der Waals surface area contributed by atoms with Gasteiger partial charge in [-0.25, -0.2) is 17.6 Å². The van der Waals surface area contributed by atoms with E-state index in [0.29, 0.717) is 6.42 Å². The van der Waals surface area contributed by atoms with Gasteiger partial charge < -0.3 is 0 Å². The van der Waals surface area contributed by atoms with Crippen molar-refractivity contribution in [3.05, 3.63) is 46.5 Å². The number of rotatable bonds is 0. The smallest absolute Gasteiger partial charge is 0.197 e. The summed E-state index contributed by atoms with van der Waals surface area (Å²) in [5.74, 6) is -6.76. The fraction of sp³-hybridized carbons (Fsp3) is 0.333. The summed E-state index contributed by atoms with van der Waals surface area (Å²) in [6.45, 7) is 0. The lowest BCUT2D eigenvalue weighted by Crippen LogP contribution is -2.29. The zero-order chi connectivity index (χ0) is 12.3. The molecule has 0 saturated heterocycles. The van der Waals surface area contributed by atoms with Crippen molar-refractivity contribution < 1.29 is 17.6 Å². The summed E-state index contributed by atoms with van der Waals surface area (Å²) >= 11 is 3.36. The largest absolute Gasteiger partial charge is 0.203 e. The third-order valence-corrected chi connectivity index (χ3v) is 4.41. The minimum Gasteiger partial charge on any atom is -0.203 e. The summed E-state index contributed by atoms with van der Waals surface area (Å²) in [5.41, 5.74) is -0.0633. The van der Waals surface area contributed by atoms with Crippen LogP contribution in [0.3, 0.4) is 0 Å². The number of halogens is 5. The van der Waals surface area contributed by atoms with Crippen molar-refractivity contribution in [3.63, 3.8) is 0 Å². The summed E-state index contributed by atoms with van der Waals surface area (Å²) in [4.78, 5) is -0.0660. The van der Waals surface area contributed by atoms with Crippen LogP contribution in [0.4, 0.5) is 17.6 Å². The first-order valence-corrected chi connectivity index (χ1v) is 6.12. The zero-order valence-corrected chi connectivity index (χ0v) is 10.1. The van der Waals surface area contributed by atoms with Gasteiger partial charge in [-0.2, -0.15) is 0 Å². The summed E-state index contributed by atoms with van der Waals surface area (Å²) in [6.07, 6.45) is 4.01. The monoisotopic (exact) mass is 306 g/mol. The van der Waals surface area contributed by atoms with E-state index in [1.807, 2.05) is 0 Å². The number of alkyl halides is 1. The van der Waals surface area contributed by atoms with E-state index in [9.17, 15) is 17.6 Å². The molecule has 0 nitrogen and oxygen atoms in total. The molecule has 1 aromatic carbocycles. The second kappa shape index (κ2) is 3.57. The second-order valence-electron chi connectivity index (χ2n) is 4.35. The van der Waals surface area contributed by atoms with E-state index in [1.165, 1.54) is 0 Å². The van der Waals surface area contributed by atoms with Gasteiger partial charge in [0.2, 0.25) is 0 Å². The fourth-order valence-corrected chi connectivity index (χ4v) is 3.53. The van der Waals surface area contributed by atoms with Crippen LogP contribution in [0.25, 0.3) is 0 Å². The molecule has 3 aliphatic rings. The molecule has 90 valence electrons. The highest BCUT2D eigenvalue weighted by Crippen LogP contribution is 2.50. The van der Waals surface area contributed by atoms with E-state index < -0.39 is 29.2 Å². The maximum Gasteiger partial charge on any atom is 0.197 e. The van der Waals surface area contributed by atoms with Gasteiger partial charge in [-0.3, -0.25) is 0 Å². The maximum absolute atomic E-state index is 13.7. The fourth-order valence-electron chi connectivity index (χ4n) is 2.69. The highest BCUT2D eigenvalue weighted by Gasteiger charge is 2.41. The molecule has 0 aliphatic heterocycles. The van der Waals surface area contributed by atoms with Gasteiger partial charge in [0.15, 0.2) is 23.3 Å². The van der Waals surface area contributed by atoms with Gasteiger partial charge in [0.1, 0.15) is 0 Å². The molecule has 0 unspecified atom stereocenters. The molecule has 0 heterocycles. The van der Waals surface area contributed by atoms with Crippen molar-refractivity contribution in [2.75, 3.05) is 0 Å². The number of benzene rings is 1. The van der Waals surface area contributed by atoms with Gasteiger partial charge in [0, 0.05) is 27.8 Å². The lowest BCUT2D eigenvalue weighted by Gasteiger charge is -2.37. The standard InChI is InChI=1S/C12H7BrF4/c13-6-3-4-1-2-5(6)8-7(4)9(14)11(16)12(17)10(8)15/h1-2,4-6H,3H2/t4-,5+,6-/m0/s1. The van der Waals surface area contributed by atoms with Crippen molar-refractivity contribution in [1.29, 1.82) is 0 Å². The average molecular weight is 307 g/mol. The Morgan fingerprint density at radius 1 is 0.882 bits per heavy atom. The molecule has 0 fully saturated rings. The summed E-state index contributed by atoms with van der Waals surface area (Å²) in [6, 6.07) is 0. The third kappa shape index (κ3) is 1.35. The molecule has 4 rings (SSSR count). The number of hydrogen-bond donors (Lipinski definition) is 0. The quantitative estimate of drug-likeness (QED) is 0.222. The minimum atomic E-state index is -1.72. The van der Waals surface area contributed by atoms with Crippen LogP contribution in [0.15, 0.2) is 12.2 Å². The number of allylic oxidation sites excluding steroid dienone is 2. The summed E-state index contributed by atoms with van der Waals surface area (Å²) in [5, 5.41) is 0. The summed E-state index contributed by atoms with van der Waals surface area (Å²) < 4.78 is 53.8. The van der Waals surface area contributed by atoms with Crippen molar-refractivity contribution in [1.82, 2.24) is 0 Å². The molecular formula is C12H7BrF4. The normalized spacial score (nSPS) is 29.6. The molecule has 3 atom stereocenters. The first-order valence-electron chi connectivity index (χ1n) is 5.20. The van der Waals surface area contributed by atoms with Gasteiger partial charge in [-0.15, -0.1) is 0 Å². The Morgan fingerprint density at radius 2 is 1.47 bits per heavy atom. The van der Waals surface area contributed by atoms with Crippen LogP contribution in [0.1, 0.15) is 29.4 Å². The summed E-state index contributed by atoms with van der Waals surface area (Å²) in [7, 11) is 0. The van der Waals surface area contributed by atoms with Crippen molar-refractivity contribution >= 4 is 15.9 Å². The van der Waals surface area contributed by atoms with E-state index in [1.54, 1.807) is 12.2 Å². The zero-order valence-electron chi connectivity index (χ0n) is 8.48. The molecule has 17 heavy (non-hydrogen) atoms. The molecule has 0 N–H and O–H groups in total. The first-order chi connectivity index (χ1) is 8.02. The van der Waals surface area contributed by atoms with Gasteiger partial charge in [0.05, 0.1) is 0 Å². The van der Waals surface area contributed by atoms with Crippen LogP contribution >= 0.6 is 15.9 Å². The predicted octanol–water partition coefficient (Wildman–Crippen LogP) is 4.15. The van der Waals surface area contributed by atoms with E-state index in [2.05, 4.69) is 15.9 Å². The molecule has 3 aliphatic carbocycles. The van der Waals surface area contributed by atoms with Crippen molar-refractivity contribution in [2.45, 2.75) is 23.1 Å². The van der Waals surface area contributed by atoms with Gasteiger partial charge in [0.25, 0.3) is 0 Å².